The number of ether oxygens (including phenoxy) is 1. The van der Waals surface area contributed by atoms with Gasteiger partial charge in [-0.3, -0.25) is 4.79 Å². The maximum atomic E-state index is 13.8. The highest BCUT2D eigenvalue weighted by Crippen LogP contribution is 2.36. The van der Waals surface area contributed by atoms with Crippen LogP contribution in [0, 0.1) is 0 Å². The second-order valence-electron chi connectivity index (χ2n) is 7.01. The Morgan fingerprint density at radius 3 is 2.29 bits per heavy atom. The molecule has 1 amide bonds. The Morgan fingerprint density at radius 1 is 1.00 bits per heavy atom. The molecule has 1 N–H and O–H groups in total. The molecule has 13 heteroatoms. The smallest absolute Gasteiger partial charge is 0.434 e. The first-order chi connectivity index (χ1) is 15.8. The maximum Gasteiger partial charge on any atom is 0.434 e. The van der Waals surface area contributed by atoms with Crippen molar-refractivity contribution >= 4 is 5.91 Å². The minimum Gasteiger partial charge on any atom is -0.435 e. The van der Waals surface area contributed by atoms with Crippen LogP contribution in [0.4, 0.5) is 35.1 Å². The third kappa shape index (κ3) is 5.64. The number of rotatable bonds is 6. The first-order valence-electron chi connectivity index (χ1n) is 9.46. The number of aromatic nitrogens is 2. The molecule has 0 aliphatic carbocycles. The second-order valence-corrected chi connectivity index (χ2v) is 7.01. The van der Waals surface area contributed by atoms with Crippen molar-refractivity contribution in [2.24, 2.45) is 0 Å². The third-order valence-corrected chi connectivity index (χ3v) is 4.63. The van der Waals surface area contributed by atoms with E-state index in [9.17, 15) is 39.9 Å². The zero-order valence-electron chi connectivity index (χ0n) is 17.1. The van der Waals surface area contributed by atoms with E-state index in [1.165, 1.54) is 31.2 Å². The molecule has 5 nitrogen and oxygen atoms in total. The number of carbonyl (C=O) groups is 1. The predicted molar refractivity (Wildman–Crippen MR) is 103 cm³/mol. The molecule has 1 unspecified atom stereocenters. The van der Waals surface area contributed by atoms with Crippen molar-refractivity contribution in [1.29, 1.82) is 0 Å². The molecule has 0 spiro atoms. The van der Waals surface area contributed by atoms with Gasteiger partial charge < -0.3 is 10.1 Å². The van der Waals surface area contributed by atoms with Crippen molar-refractivity contribution in [1.82, 2.24) is 15.1 Å². The van der Waals surface area contributed by atoms with Gasteiger partial charge in [-0.2, -0.15) is 40.2 Å². The van der Waals surface area contributed by atoms with Crippen LogP contribution in [0.15, 0.2) is 54.7 Å². The van der Waals surface area contributed by atoms with Gasteiger partial charge in [0.05, 0.1) is 29.1 Å². The lowest BCUT2D eigenvalue weighted by Crippen LogP contribution is -2.29. The van der Waals surface area contributed by atoms with Gasteiger partial charge in [0.1, 0.15) is 5.75 Å². The molecule has 34 heavy (non-hydrogen) atoms. The van der Waals surface area contributed by atoms with E-state index in [2.05, 4.69) is 15.2 Å². The van der Waals surface area contributed by atoms with E-state index in [4.69, 9.17) is 0 Å². The molecule has 0 fully saturated rings. The lowest BCUT2D eigenvalue weighted by atomic mass is 10.1. The minimum absolute atomic E-state index is 0.200. The van der Waals surface area contributed by atoms with Gasteiger partial charge in [-0.1, -0.05) is 18.2 Å². The number of amides is 1. The Hall–Kier alpha value is -3.64. The van der Waals surface area contributed by atoms with Crippen LogP contribution >= 0.6 is 0 Å². The summed E-state index contributed by atoms with van der Waals surface area (Å²) in [6.07, 6.45) is -9.37. The summed E-state index contributed by atoms with van der Waals surface area (Å²) in [6, 6.07) is 7.29. The van der Waals surface area contributed by atoms with Gasteiger partial charge in [-0.25, -0.2) is 4.68 Å². The Labute approximate surface area is 186 Å². The molecule has 1 aromatic heterocycles. The van der Waals surface area contributed by atoms with Gasteiger partial charge in [-0.05, 0) is 42.8 Å². The van der Waals surface area contributed by atoms with Gasteiger partial charge in [0.15, 0.2) is 5.69 Å². The fourth-order valence-electron chi connectivity index (χ4n) is 3.11. The molecule has 1 atom stereocenters. The Morgan fingerprint density at radius 2 is 1.68 bits per heavy atom. The second kappa shape index (κ2) is 9.31. The van der Waals surface area contributed by atoms with E-state index in [-0.39, 0.29) is 16.0 Å². The topological polar surface area (TPSA) is 56.2 Å². The molecule has 0 aliphatic rings. The van der Waals surface area contributed by atoms with Crippen molar-refractivity contribution in [2.75, 3.05) is 0 Å². The quantitative estimate of drug-likeness (QED) is 0.429. The number of alkyl halides is 8. The summed E-state index contributed by atoms with van der Waals surface area (Å²) < 4.78 is 110. The zero-order valence-corrected chi connectivity index (χ0v) is 17.1. The number of carbonyl (C=O) groups excluding carboxylic acids is 1. The van der Waals surface area contributed by atoms with E-state index in [0.29, 0.717) is 18.3 Å². The van der Waals surface area contributed by atoms with E-state index < -0.39 is 53.4 Å². The fraction of sp³-hybridized carbons (Fsp3) is 0.238. The number of hydrogen-bond donors (Lipinski definition) is 1. The molecule has 0 bridgehead atoms. The van der Waals surface area contributed by atoms with Gasteiger partial charge in [0.25, 0.3) is 5.91 Å². The molecule has 2 aromatic carbocycles. The number of nitrogens with one attached hydrogen (secondary N) is 1. The summed E-state index contributed by atoms with van der Waals surface area (Å²) in [4.78, 5) is 12.6. The van der Waals surface area contributed by atoms with E-state index in [1.807, 2.05) is 0 Å². The number of hydrogen-bond acceptors (Lipinski definition) is 3. The Bertz CT molecular complexity index is 1170. The molecule has 0 radical (unpaired) electrons. The predicted octanol–water partition coefficient (Wildman–Crippen LogP) is 6.00. The molecule has 1 heterocycles. The summed E-state index contributed by atoms with van der Waals surface area (Å²) in [6.45, 7) is -1.71. The molecular formula is C21H15F8N3O2. The maximum absolute atomic E-state index is 13.8. The largest absolute Gasteiger partial charge is 0.435 e. The van der Waals surface area contributed by atoms with Crippen molar-refractivity contribution in [3.05, 3.63) is 77.1 Å². The first-order valence-corrected chi connectivity index (χ1v) is 9.46. The molecule has 0 saturated heterocycles. The third-order valence-electron chi connectivity index (χ3n) is 4.63. The highest BCUT2D eigenvalue weighted by atomic mass is 19.4. The molecule has 3 aromatic rings. The number of halogens is 8. The number of nitrogens with zero attached hydrogens (tertiary/aromatic N) is 2. The van der Waals surface area contributed by atoms with Gasteiger partial charge in [0, 0.05) is 0 Å². The van der Waals surface area contributed by atoms with Crippen LogP contribution in [0.1, 0.15) is 40.1 Å². The highest BCUT2D eigenvalue weighted by molar-refractivity contribution is 5.95. The van der Waals surface area contributed by atoms with Crippen LogP contribution in [0.2, 0.25) is 0 Å². The normalized spacial score (nSPS) is 13.1. The number of benzene rings is 2. The van der Waals surface area contributed by atoms with E-state index in [1.54, 1.807) is 0 Å². The fourth-order valence-corrected chi connectivity index (χ4v) is 3.11. The average Bonchev–Trinajstić information content (AvgIpc) is 3.19. The van der Waals surface area contributed by atoms with Crippen molar-refractivity contribution in [3.63, 3.8) is 0 Å². The standard InChI is InChI=1S/C21H15F8N3O2/c1-11(12-4-2-7-15(8-12)34-19(22)23)31-18(33)16-10-30-32(17(16)21(27,28)29)14-6-3-5-13(9-14)20(24,25)26/h2-11,19H,1H3,(H,31,33). The zero-order chi connectivity index (χ0) is 25.3. The van der Waals surface area contributed by atoms with Crippen LogP contribution in [0.3, 0.4) is 0 Å². The van der Waals surface area contributed by atoms with Crippen LogP contribution in [0.25, 0.3) is 5.69 Å². The monoisotopic (exact) mass is 493 g/mol. The first kappa shape index (κ1) is 25.0. The SMILES string of the molecule is CC(NC(=O)c1cnn(-c2cccc(C(F)(F)F)c2)c1C(F)(F)F)c1cccc(OC(F)F)c1. The van der Waals surface area contributed by atoms with Crippen LogP contribution < -0.4 is 10.1 Å². The van der Waals surface area contributed by atoms with Gasteiger partial charge in [0.2, 0.25) is 0 Å². The van der Waals surface area contributed by atoms with E-state index in [0.717, 1.165) is 12.1 Å². The average molecular weight is 493 g/mol. The molecule has 0 saturated carbocycles. The van der Waals surface area contributed by atoms with Gasteiger partial charge in [-0.15, -0.1) is 0 Å². The lowest BCUT2D eigenvalue weighted by molar-refractivity contribution is -0.143. The highest BCUT2D eigenvalue weighted by Gasteiger charge is 2.41. The molecule has 182 valence electrons. The summed E-state index contributed by atoms with van der Waals surface area (Å²) in [5.41, 5.74) is -4.00. The molecule has 3 rings (SSSR count). The van der Waals surface area contributed by atoms with Crippen molar-refractivity contribution in [2.45, 2.75) is 31.9 Å². The van der Waals surface area contributed by atoms with Crippen molar-refractivity contribution in [3.8, 4) is 11.4 Å². The summed E-state index contributed by atoms with van der Waals surface area (Å²) >= 11 is 0. The molecule has 0 aliphatic heterocycles. The Balaban J connectivity index is 1.94. The molecular weight excluding hydrogens is 478 g/mol. The van der Waals surface area contributed by atoms with E-state index >= 15 is 0 Å². The lowest BCUT2D eigenvalue weighted by Gasteiger charge is -2.17. The van der Waals surface area contributed by atoms with Gasteiger partial charge >= 0.3 is 19.0 Å². The van der Waals surface area contributed by atoms with Crippen LogP contribution in [-0.4, -0.2) is 22.3 Å². The Kier molecular flexibility index (Phi) is 6.84. The summed E-state index contributed by atoms with van der Waals surface area (Å²) in [7, 11) is 0. The summed E-state index contributed by atoms with van der Waals surface area (Å²) in [5.74, 6) is -1.44. The minimum atomic E-state index is -5.15. The van der Waals surface area contributed by atoms with Crippen LogP contribution in [-0.2, 0) is 12.4 Å². The van der Waals surface area contributed by atoms with Crippen molar-refractivity contribution < 1.29 is 44.7 Å². The van der Waals surface area contributed by atoms with Crippen LogP contribution in [0.5, 0.6) is 5.75 Å². The summed E-state index contributed by atoms with van der Waals surface area (Å²) in [5, 5.41) is 5.78.